The number of carboxylic acid groups (broad SMARTS) is 1. The molecule has 3 aromatic carbocycles. The number of carboxylic acids is 1. The van der Waals surface area contributed by atoms with Gasteiger partial charge >= 0.3 is 5.97 Å². The predicted molar refractivity (Wildman–Crippen MR) is 75.8 cm³/mol. The molecular formula is C15HBrF8O2. The quantitative estimate of drug-likeness (QED) is 0.230. The van der Waals surface area contributed by atoms with Gasteiger partial charge in [0.05, 0.1) is 26.2 Å². The van der Waals surface area contributed by atoms with Gasteiger partial charge in [-0.3, -0.25) is 0 Å². The Labute approximate surface area is 145 Å². The Kier molecular flexibility index (Phi) is 4.09. The highest BCUT2D eigenvalue weighted by atomic mass is 79.9. The molecule has 3 aromatic rings. The summed E-state index contributed by atoms with van der Waals surface area (Å²) < 4.78 is 110. The summed E-state index contributed by atoms with van der Waals surface area (Å²) in [5, 5.41) is 2.28. The van der Waals surface area contributed by atoms with Crippen molar-refractivity contribution >= 4 is 43.4 Å². The Morgan fingerprint density at radius 2 is 0.923 bits per heavy atom. The van der Waals surface area contributed by atoms with Crippen LogP contribution >= 0.6 is 15.9 Å². The lowest BCUT2D eigenvalue weighted by molar-refractivity contribution is 0.0697. The first kappa shape index (κ1) is 18.4. The van der Waals surface area contributed by atoms with Gasteiger partial charge in [-0.05, 0) is 15.9 Å². The summed E-state index contributed by atoms with van der Waals surface area (Å²) in [5.41, 5.74) is -1.36. The Bertz CT molecular complexity index is 1160. The highest BCUT2D eigenvalue weighted by molar-refractivity contribution is 9.10. The molecule has 0 bridgehead atoms. The average molecular weight is 445 g/mol. The molecule has 0 aliphatic carbocycles. The molecule has 0 spiro atoms. The predicted octanol–water partition coefficient (Wildman–Crippen LogP) is 5.57. The van der Waals surface area contributed by atoms with Crippen LogP contribution in [0.25, 0.3) is 21.5 Å². The van der Waals surface area contributed by atoms with Crippen LogP contribution in [0.3, 0.4) is 0 Å². The van der Waals surface area contributed by atoms with Gasteiger partial charge in [-0.1, -0.05) is 0 Å². The van der Waals surface area contributed by atoms with Crippen molar-refractivity contribution in [3.8, 4) is 0 Å². The number of rotatable bonds is 1. The molecule has 0 aromatic heterocycles. The first-order valence-electron chi connectivity index (χ1n) is 6.38. The van der Waals surface area contributed by atoms with Gasteiger partial charge in [0, 0.05) is 5.39 Å². The second-order valence-corrected chi connectivity index (χ2v) is 5.80. The first-order chi connectivity index (χ1) is 12.0. The van der Waals surface area contributed by atoms with E-state index >= 15 is 0 Å². The molecule has 0 amide bonds. The van der Waals surface area contributed by atoms with Gasteiger partial charge in [0.15, 0.2) is 34.9 Å². The van der Waals surface area contributed by atoms with Gasteiger partial charge < -0.3 is 5.11 Å². The standard InChI is InChI=1S/C15HBrF8O2/c16-6-2(15(25)26)1-3(9(19)12(6)22)8(18)5-4(7(1)17)10(20)13(23)14(24)11(5)21/h(H,25,26). The molecular weight excluding hydrogens is 444 g/mol. The van der Waals surface area contributed by atoms with Crippen LogP contribution in [0.4, 0.5) is 35.1 Å². The van der Waals surface area contributed by atoms with Gasteiger partial charge in [0.25, 0.3) is 0 Å². The highest BCUT2D eigenvalue weighted by Crippen LogP contribution is 2.41. The van der Waals surface area contributed by atoms with Gasteiger partial charge in [-0.15, -0.1) is 0 Å². The molecule has 0 fully saturated rings. The van der Waals surface area contributed by atoms with E-state index in [1.807, 2.05) is 0 Å². The molecule has 0 aliphatic rings. The van der Waals surface area contributed by atoms with E-state index in [9.17, 15) is 39.9 Å². The number of benzene rings is 3. The van der Waals surface area contributed by atoms with Crippen LogP contribution in [-0.2, 0) is 0 Å². The van der Waals surface area contributed by atoms with Crippen LogP contribution < -0.4 is 0 Å². The fourth-order valence-corrected chi connectivity index (χ4v) is 3.12. The fourth-order valence-electron chi connectivity index (χ4n) is 2.58. The highest BCUT2D eigenvalue weighted by Gasteiger charge is 2.33. The molecule has 26 heavy (non-hydrogen) atoms. The van der Waals surface area contributed by atoms with Crippen LogP contribution in [-0.4, -0.2) is 11.1 Å². The molecule has 0 saturated heterocycles. The first-order valence-corrected chi connectivity index (χ1v) is 7.17. The molecule has 0 atom stereocenters. The average Bonchev–Trinajstić information content (AvgIpc) is 2.58. The van der Waals surface area contributed by atoms with Crippen molar-refractivity contribution in [1.29, 1.82) is 0 Å². The number of aromatic carboxylic acids is 1. The minimum atomic E-state index is -2.51. The molecule has 0 aliphatic heterocycles. The summed E-state index contributed by atoms with van der Waals surface area (Å²) in [6.07, 6.45) is 0. The zero-order valence-corrected chi connectivity index (χ0v) is 13.3. The Balaban J connectivity index is 2.85. The van der Waals surface area contributed by atoms with E-state index in [0.29, 0.717) is 0 Å². The van der Waals surface area contributed by atoms with Crippen molar-refractivity contribution in [1.82, 2.24) is 0 Å². The van der Waals surface area contributed by atoms with Crippen molar-refractivity contribution in [3.63, 3.8) is 0 Å². The van der Waals surface area contributed by atoms with Crippen molar-refractivity contribution < 1.29 is 45.0 Å². The van der Waals surface area contributed by atoms with Gasteiger partial charge in [-0.2, -0.15) is 0 Å². The van der Waals surface area contributed by atoms with E-state index in [2.05, 4.69) is 15.9 Å². The number of fused-ring (bicyclic) bond motifs is 2. The zero-order chi connectivity index (χ0) is 19.7. The minimum Gasteiger partial charge on any atom is -0.478 e. The molecule has 2 nitrogen and oxygen atoms in total. The second kappa shape index (κ2) is 5.79. The third-order valence-electron chi connectivity index (χ3n) is 3.68. The van der Waals surface area contributed by atoms with Crippen LogP contribution in [0.1, 0.15) is 10.4 Å². The summed E-state index contributed by atoms with van der Waals surface area (Å²) in [7, 11) is 0. The number of hydrogen-bond acceptors (Lipinski definition) is 1. The normalized spacial score (nSPS) is 11.6. The fraction of sp³-hybridized carbons (Fsp3) is 0. The van der Waals surface area contributed by atoms with Crippen molar-refractivity contribution in [2.75, 3.05) is 0 Å². The molecule has 1 N–H and O–H groups in total. The summed E-state index contributed by atoms with van der Waals surface area (Å²) in [6, 6.07) is 0. The molecule has 0 radical (unpaired) electrons. The van der Waals surface area contributed by atoms with Crippen LogP contribution in [0, 0.1) is 46.5 Å². The molecule has 3 rings (SSSR count). The summed E-state index contributed by atoms with van der Waals surface area (Å²) in [6.45, 7) is 0. The van der Waals surface area contributed by atoms with Crippen LogP contribution in [0.15, 0.2) is 4.47 Å². The lowest BCUT2D eigenvalue weighted by Crippen LogP contribution is -2.09. The smallest absolute Gasteiger partial charge is 0.337 e. The largest absolute Gasteiger partial charge is 0.478 e. The Morgan fingerprint density at radius 1 is 0.577 bits per heavy atom. The van der Waals surface area contributed by atoms with E-state index in [0.717, 1.165) is 0 Å². The molecule has 0 unspecified atom stereocenters. The number of hydrogen-bond donors (Lipinski definition) is 1. The third kappa shape index (κ3) is 2.12. The maximum absolute atomic E-state index is 14.7. The molecule has 11 heteroatoms. The minimum absolute atomic E-state index is 1.14. The van der Waals surface area contributed by atoms with Gasteiger partial charge in [-0.25, -0.2) is 39.9 Å². The van der Waals surface area contributed by atoms with E-state index < -0.39 is 84.1 Å². The second-order valence-electron chi connectivity index (χ2n) is 5.01. The lowest BCUT2D eigenvalue weighted by atomic mass is 9.96. The summed E-state index contributed by atoms with van der Waals surface area (Å²) in [4.78, 5) is 11.3. The number of halogens is 9. The lowest BCUT2D eigenvalue weighted by Gasteiger charge is -2.14. The maximum atomic E-state index is 14.7. The van der Waals surface area contributed by atoms with E-state index in [1.54, 1.807) is 0 Å². The van der Waals surface area contributed by atoms with E-state index in [4.69, 9.17) is 5.11 Å². The van der Waals surface area contributed by atoms with Crippen molar-refractivity contribution in [3.05, 3.63) is 56.6 Å². The van der Waals surface area contributed by atoms with Crippen LogP contribution in [0.5, 0.6) is 0 Å². The summed E-state index contributed by atoms with van der Waals surface area (Å²) in [5.74, 6) is -20.2. The SMILES string of the molecule is O=C(O)c1c(Br)c(F)c(F)c2c(F)c3c(F)c(F)c(F)c(F)c3c(F)c12. The summed E-state index contributed by atoms with van der Waals surface area (Å²) >= 11 is 2.35. The van der Waals surface area contributed by atoms with Crippen molar-refractivity contribution in [2.24, 2.45) is 0 Å². The molecule has 136 valence electrons. The third-order valence-corrected chi connectivity index (χ3v) is 4.43. The van der Waals surface area contributed by atoms with E-state index in [1.165, 1.54) is 0 Å². The Hall–Kier alpha value is -2.43. The maximum Gasteiger partial charge on any atom is 0.337 e. The molecule has 0 heterocycles. The molecule has 0 saturated carbocycles. The monoisotopic (exact) mass is 444 g/mol. The van der Waals surface area contributed by atoms with Gasteiger partial charge in [0.1, 0.15) is 11.6 Å². The Morgan fingerprint density at radius 3 is 1.35 bits per heavy atom. The van der Waals surface area contributed by atoms with Crippen LogP contribution in [0.2, 0.25) is 0 Å². The number of carbonyl (C=O) groups is 1. The zero-order valence-electron chi connectivity index (χ0n) is 11.8. The van der Waals surface area contributed by atoms with E-state index in [-0.39, 0.29) is 0 Å². The van der Waals surface area contributed by atoms with Gasteiger partial charge in [0.2, 0.25) is 0 Å². The topological polar surface area (TPSA) is 37.3 Å². The van der Waals surface area contributed by atoms with Crippen molar-refractivity contribution in [2.45, 2.75) is 0 Å².